The molecule has 0 fully saturated rings. The molecule has 0 saturated heterocycles. The first kappa shape index (κ1) is 15.9. The lowest BCUT2D eigenvalue weighted by molar-refractivity contribution is 0.0697. The Labute approximate surface area is 122 Å². The van der Waals surface area contributed by atoms with E-state index in [-0.39, 0.29) is 16.6 Å². The number of nitrogens with one attached hydrogen (secondary N) is 2. The molecule has 1 atom stereocenters. The van der Waals surface area contributed by atoms with Crippen LogP contribution in [0, 0.1) is 12.3 Å². The third-order valence-electron chi connectivity index (χ3n) is 2.55. The van der Waals surface area contributed by atoms with Gasteiger partial charge in [0.2, 0.25) is 0 Å². The van der Waals surface area contributed by atoms with Gasteiger partial charge in [-0.15, -0.1) is 6.42 Å². The maximum atomic E-state index is 11.7. The van der Waals surface area contributed by atoms with Gasteiger partial charge in [-0.2, -0.15) is 0 Å². The maximum absolute atomic E-state index is 11.7. The van der Waals surface area contributed by atoms with Crippen molar-refractivity contribution >= 4 is 29.3 Å². The van der Waals surface area contributed by atoms with Gasteiger partial charge in [-0.05, 0) is 24.6 Å². The lowest BCUT2D eigenvalue weighted by atomic mass is 10.2. The standard InChI is InChI=1S/C14H15ClN2O3/c1-3-5-10(4-2)16-14(20)17-12-7-6-9(13(18)19)8-11(12)15/h2,6-8,10H,3,5H2,1H3,(H,18,19)(H2,16,17,20). The summed E-state index contributed by atoms with van der Waals surface area (Å²) in [5, 5.41) is 14.1. The number of hydrogen-bond donors (Lipinski definition) is 3. The second-order valence-electron chi connectivity index (χ2n) is 4.11. The lowest BCUT2D eigenvalue weighted by Crippen LogP contribution is -2.37. The minimum Gasteiger partial charge on any atom is -0.478 e. The number of aromatic carboxylic acids is 1. The van der Waals surface area contributed by atoms with Crippen LogP contribution in [0.3, 0.4) is 0 Å². The summed E-state index contributed by atoms with van der Waals surface area (Å²) in [5.41, 5.74) is 0.370. The van der Waals surface area contributed by atoms with Crippen molar-refractivity contribution in [3.63, 3.8) is 0 Å². The fraction of sp³-hybridized carbons (Fsp3) is 0.286. The molecule has 1 aromatic rings. The van der Waals surface area contributed by atoms with E-state index in [2.05, 4.69) is 16.6 Å². The molecule has 0 aliphatic heterocycles. The molecule has 0 heterocycles. The van der Waals surface area contributed by atoms with E-state index in [0.29, 0.717) is 12.1 Å². The van der Waals surface area contributed by atoms with Crippen molar-refractivity contribution in [1.29, 1.82) is 0 Å². The van der Waals surface area contributed by atoms with Crippen LogP contribution in [-0.2, 0) is 0 Å². The van der Waals surface area contributed by atoms with Crippen molar-refractivity contribution in [2.24, 2.45) is 0 Å². The van der Waals surface area contributed by atoms with Crippen LogP contribution in [0.25, 0.3) is 0 Å². The van der Waals surface area contributed by atoms with E-state index < -0.39 is 12.0 Å². The molecule has 0 aliphatic rings. The molecule has 1 unspecified atom stereocenters. The van der Waals surface area contributed by atoms with Crippen LogP contribution in [-0.4, -0.2) is 23.1 Å². The number of terminal acetylenes is 1. The first-order valence-corrected chi connectivity index (χ1v) is 6.42. The van der Waals surface area contributed by atoms with Crippen LogP contribution in [0.2, 0.25) is 5.02 Å². The zero-order valence-electron chi connectivity index (χ0n) is 10.9. The minimum atomic E-state index is -1.08. The number of amides is 2. The molecule has 6 heteroatoms. The summed E-state index contributed by atoms with van der Waals surface area (Å²) in [4.78, 5) is 22.5. The Kier molecular flexibility index (Phi) is 5.88. The van der Waals surface area contributed by atoms with E-state index in [1.165, 1.54) is 18.2 Å². The van der Waals surface area contributed by atoms with Crippen molar-refractivity contribution in [3.05, 3.63) is 28.8 Å². The van der Waals surface area contributed by atoms with Gasteiger partial charge in [0.25, 0.3) is 0 Å². The molecule has 0 spiro atoms. The number of carboxylic acids is 1. The van der Waals surface area contributed by atoms with Gasteiger partial charge in [-0.25, -0.2) is 9.59 Å². The van der Waals surface area contributed by atoms with Crippen molar-refractivity contribution in [2.45, 2.75) is 25.8 Å². The predicted octanol–water partition coefficient (Wildman–Crippen LogP) is 2.96. The van der Waals surface area contributed by atoms with Crippen LogP contribution in [0.15, 0.2) is 18.2 Å². The van der Waals surface area contributed by atoms with Crippen molar-refractivity contribution in [2.75, 3.05) is 5.32 Å². The number of carbonyl (C=O) groups is 2. The highest BCUT2D eigenvalue weighted by Crippen LogP contribution is 2.23. The highest BCUT2D eigenvalue weighted by Gasteiger charge is 2.12. The van der Waals surface area contributed by atoms with E-state index in [1.54, 1.807) is 0 Å². The molecule has 3 N–H and O–H groups in total. The van der Waals surface area contributed by atoms with E-state index in [9.17, 15) is 9.59 Å². The Morgan fingerprint density at radius 1 is 1.50 bits per heavy atom. The van der Waals surface area contributed by atoms with Gasteiger partial charge in [0.05, 0.1) is 22.3 Å². The lowest BCUT2D eigenvalue weighted by Gasteiger charge is -2.13. The summed E-state index contributed by atoms with van der Waals surface area (Å²) in [5.74, 6) is 1.39. The normalized spacial score (nSPS) is 11.2. The second kappa shape index (κ2) is 7.41. The number of rotatable bonds is 5. The van der Waals surface area contributed by atoms with E-state index in [4.69, 9.17) is 23.1 Å². The fourth-order valence-electron chi connectivity index (χ4n) is 1.55. The Morgan fingerprint density at radius 3 is 2.70 bits per heavy atom. The first-order valence-electron chi connectivity index (χ1n) is 6.04. The van der Waals surface area contributed by atoms with Gasteiger partial charge in [0, 0.05) is 0 Å². The summed E-state index contributed by atoms with van der Waals surface area (Å²) in [6.45, 7) is 1.96. The Balaban J connectivity index is 2.71. The number of benzene rings is 1. The molecule has 0 saturated carbocycles. The zero-order chi connectivity index (χ0) is 15.1. The third kappa shape index (κ3) is 4.48. The topological polar surface area (TPSA) is 78.4 Å². The number of carbonyl (C=O) groups excluding carboxylic acids is 1. The van der Waals surface area contributed by atoms with Crippen LogP contribution in [0.5, 0.6) is 0 Å². The Bertz CT molecular complexity index is 552. The van der Waals surface area contributed by atoms with Gasteiger partial charge in [0.15, 0.2) is 0 Å². The number of halogens is 1. The minimum absolute atomic E-state index is 0.0495. The van der Waals surface area contributed by atoms with Gasteiger partial charge in [-0.1, -0.05) is 30.9 Å². The molecular formula is C14H15ClN2O3. The molecule has 106 valence electrons. The molecule has 0 aromatic heterocycles. The van der Waals surface area contributed by atoms with Gasteiger partial charge in [-0.3, -0.25) is 0 Å². The quantitative estimate of drug-likeness (QED) is 0.731. The van der Waals surface area contributed by atoms with E-state index in [1.807, 2.05) is 6.92 Å². The average Bonchev–Trinajstić information content (AvgIpc) is 2.40. The number of anilines is 1. The SMILES string of the molecule is C#CC(CCC)NC(=O)Nc1ccc(C(=O)O)cc1Cl. The monoisotopic (exact) mass is 294 g/mol. The molecule has 20 heavy (non-hydrogen) atoms. The van der Waals surface area contributed by atoms with Crippen LogP contribution >= 0.6 is 11.6 Å². The summed E-state index contributed by atoms with van der Waals surface area (Å²) in [7, 11) is 0. The molecule has 2 amide bonds. The smallest absolute Gasteiger partial charge is 0.335 e. The van der Waals surface area contributed by atoms with Gasteiger partial charge in [0.1, 0.15) is 0 Å². The molecular weight excluding hydrogens is 280 g/mol. The Hall–Kier alpha value is -2.19. The van der Waals surface area contributed by atoms with Crippen LogP contribution in [0.1, 0.15) is 30.1 Å². The largest absolute Gasteiger partial charge is 0.478 e. The van der Waals surface area contributed by atoms with Crippen molar-refractivity contribution in [3.8, 4) is 12.3 Å². The Morgan fingerprint density at radius 2 is 2.20 bits per heavy atom. The highest BCUT2D eigenvalue weighted by molar-refractivity contribution is 6.34. The molecule has 5 nitrogen and oxygen atoms in total. The summed E-state index contributed by atoms with van der Waals surface area (Å²) < 4.78 is 0. The molecule has 1 rings (SSSR count). The molecule has 1 aromatic carbocycles. The summed E-state index contributed by atoms with van der Waals surface area (Å²) in [6.07, 6.45) is 6.83. The van der Waals surface area contributed by atoms with Crippen LogP contribution < -0.4 is 10.6 Å². The predicted molar refractivity (Wildman–Crippen MR) is 78.1 cm³/mol. The number of carboxylic acid groups (broad SMARTS) is 1. The van der Waals surface area contributed by atoms with Crippen LogP contribution in [0.4, 0.5) is 10.5 Å². The van der Waals surface area contributed by atoms with Crippen molar-refractivity contribution < 1.29 is 14.7 Å². The maximum Gasteiger partial charge on any atom is 0.335 e. The summed E-state index contributed by atoms with van der Waals surface area (Å²) >= 11 is 5.90. The first-order chi connectivity index (χ1) is 9.47. The third-order valence-corrected chi connectivity index (χ3v) is 2.86. The average molecular weight is 295 g/mol. The number of urea groups is 1. The van der Waals surface area contributed by atoms with E-state index >= 15 is 0 Å². The number of hydrogen-bond acceptors (Lipinski definition) is 2. The van der Waals surface area contributed by atoms with Gasteiger partial charge < -0.3 is 15.7 Å². The molecule has 0 radical (unpaired) electrons. The second-order valence-corrected chi connectivity index (χ2v) is 4.51. The van der Waals surface area contributed by atoms with Gasteiger partial charge >= 0.3 is 12.0 Å². The molecule has 0 bridgehead atoms. The van der Waals surface area contributed by atoms with Crippen molar-refractivity contribution in [1.82, 2.24) is 5.32 Å². The highest BCUT2D eigenvalue weighted by atomic mass is 35.5. The van der Waals surface area contributed by atoms with E-state index in [0.717, 1.165) is 6.42 Å². The summed E-state index contributed by atoms with van der Waals surface area (Å²) in [6, 6.07) is 3.22. The molecule has 0 aliphatic carbocycles. The zero-order valence-corrected chi connectivity index (χ0v) is 11.7. The fourth-order valence-corrected chi connectivity index (χ4v) is 1.78.